The first-order valence-corrected chi connectivity index (χ1v) is 9.47. The molecule has 1 aliphatic carbocycles. The number of thiophene rings is 1. The van der Waals surface area contributed by atoms with E-state index in [0.29, 0.717) is 14.6 Å². The zero-order chi connectivity index (χ0) is 14.0. The van der Waals surface area contributed by atoms with Crippen LogP contribution in [0.4, 0.5) is 0 Å². The molecule has 0 aromatic carbocycles. The lowest BCUT2D eigenvalue weighted by atomic mass is 10.1. The van der Waals surface area contributed by atoms with Gasteiger partial charge in [0.2, 0.25) is 10.0 Å². The maximum atomic E-state index is 12.3. The van der Waals surface area contributed by atoms with Crippen molar-refractivity contribution in [3.05, 3.63) is 14.7 Å². The predicted molar refractivity (Wildman–Crippen MR) is 79.7 cm³/mol. The molecule has 2 N–H and O–H groups in total. The molecule has 1 saturated carbocycles. The summed E-state index contributed by atoms with van der Waals surface area (Å²) in [5.41, 5.74) is 0. The smallest absolute Gasteiger partial charge is 0.242 e. The molecule has 4 nitrogen and oxygen atoms in total. The molecule has 108 valence electrons. The van der Waals surface area contributed by atoms with Crippen molar-refractivity contribution >= 4 is 37.3 Å². The molecule has 0 bridgehead atoms. The van der Waals surface area contributed by atoms with Gasteiger partial charge >= 0.3 is 0 Å². The molecule has 1 aromatic heterocycles. The second kappa shape index (κ2) is 6.22. The molecule has 0 saturated heterocycles. The number of nitrogens with one attached hydrogen (secondary N) is 1. The Morgan fingerprint density at radius 2 is 2.26 bits per heavy atom. The van der Waals surface area contributed by atoms with Gasteiger partial charge in [-0.2, -0.15) is 0 Å². The van der Waals surface area contributed by atoms with Crippen molar-refractivity contribution in [1.29, 1.82) is 0 Å². The van der Waals surface area contributed by atoms with Gasteiger partial charge in [-0.25, -0.2) is 13.1 Å². The van der Waals surface area contributed by atoms with Crippen molar-refractivity contribution in [1.82, 2.24) is 4.72 Å². The summed E-state index contributed by atoms with van der Waals surface area (Å²) in [4.78, 5) is 0.873. The average molecular weight is 368 g/mol. The van der Waals surface area contributed by atoms with Gasteiger partial charge in [-0.3, -0.25) is 0 Å². The third kappa shape index (κ3) is 4.01. The molecule has 1 aliphatic rings. The number of rotatable bonds is 7. The molecule has 19 heavy (non-hydrogen) atoms. The van der Waals surface area contributed by atoms with E-state index in [1.165, 1.54) is 30.2 Å². The molecular formula is C12H18BrNO3S2. The van der Waals surface area contributed by atoms with Gasteiger partial charge in [-0.15, -0.1) is 11.3 Å². The molecule has 1 atom stereocenters. The second-order valence-corrected chi connectivity index (χ2v) is 9.05. The zero-order valence-electron chi connectivity index (χ0n) is 10.7. The zero-order valence-corrected chi connectivity index (χ0v) is 13.9. The Bertz CT molecular complexity index is 537. The Morgan fingerprint density at radius 3 is 2.74 bits per heavy atom. The van der Waals surface area contributed by atoms with Crippen LogP contribution < -0.4 is 4.72 Å². The van der Waals surface area contributed by atoms with Crippen molar-refractivity contribution in [2.24, 2.45) is 5.92 Å². The minimum absolute atomic E-state index is 0.00174. The quantitative estimate of drug-likeness (QED) is 0.778. The largest absolute Gasteiger partial charge is 0.391 e. The fraction of sp³-hybridized carbons (Fsp3) is 0.667. The topological polar surface area (TPSA) is 66.4 Å². The van der Waals surface area contributed by atoms with Gasteiger partial charge in [0, 0.05) is 10.9 Å². The lowest BCUT2D eigenvalue weighted by molar-refractivity contribution is 0.285. The predicted octanol–water partition coefficient (Wildman–Crippen LogP) is 2.86. The first kappa shape index (κ1) is 15.4. The van der Waals surface area contributed by atoms with Gasteiger partial charge in [0.05, 0.1) is 10.4 Å². The Kier molecular flexibility index (Phi) is 5.05. The van der Waals surface area contributed by atoms with E-state index in [1.54, 1.807) is 0 Å². The standard InChI is InChI=1S/C12H18BrNO3S2/c1-2-9(5-8-3-4-8)14-19(16,17)11-6-10(7-15)18-12(11)13/h6,8-9,14-15H,2-5,7H2,1H3. The van der Waals surface area contributed by atoms with Gasteiger partial charge in [0.25, 0.3) is 0 Å². The van der Waals surface area contributed by atoms with E-state index < -0.39 is 10.0 Å². The fourth-order valence-electron chi connectivity index (χ4n) is 2.00. The van der Waals surface area contributed by atoms with Gasteiger partial charge in [0.1, 0.15) is 4.90 Å². The Balaban J connectivity index is 2.13. The monoisotopic (exact) mass is 367 g/mol. The van der Waals surface area contributed by atoms with Crippen molar-refractivity contribution in [3.63, 3.8) is 0 Å². The summed E-state index contributed by atoms with van der Waals surface area (Å²) >= 11 is 4.51. The highest BCUT2D eigenvalue weighted by Gasteiger charge is 2.29. The summed E-state index contributed by atoms with van der Waals surface area (Å²) in [6.45, 7) is 1.86. The molecule has 1 fully saturated rings. The first-order valence-electron chi connectivity index (χ1n) is 6.37. The van der Waals surface area contributed by atoms with E-state index in [-0.39, 0.29) is 17.5 Å². The molecule has 0 spiro atoms. The van der Waals surface area contributed by atoms with Gasteiger partial charge in [-0.1, -0.05) is 19.8 Å². The van der Waals surface area contributed by atoms with E-state index in [0.717, 1.165) is 12.8 Å². The second-order valence-electron chi connectivity index (χ2n) is 4.91. The van der Waals surface area contributed by atoms with Crippen molar-refractivity contribution < 1.29 is 13.5 Å². The molecule has 7 heteroatoms. The van der Waals surface area contributed by atoms with Crippen LogP contribution in [0.5, 0.6) is 0 Å². The molecule has 0 aliphatic heterocycles. The highest BCUT2D eigenvalue weighted by molar-refractivity contribution is 9.11. The van der Waals surface area contributed by atoms with Crippen LogP contribution in [0.1, 0.15) is 37.5 Å². The Morgan fingerprint density at radius 1 is 1.58 bits per heavy atom. The van der Waals surface area contributed by atoms with Crippen LogP contribution in [0, 0.1) is 5.92 Å². The van der Waals surface area contributed by atoms with Crippen LogP contribution in [0.15, 0.2) is 14.7 Å². The van der Waals surface area contributed by atoms with E-state index in [1.807, 2.05) is 6.92 Å². The van der Waals surface area contributed by atoms with Crippen LogP contribution in [0.2, 0.25) is 0 Å². The summed E-state index contributed by atoms with van der Waals surface area (Å²) in [7, 11) is -3.51. The number of hydrogen-bond donors (Lipinski definition) is 2. The number of aliphatic hydroxyl groups is 1. The third-order valence-corrected chi connectivity index (χ3v) is 7.04. The van der Waals surface area contributed by atoms with E-state index in [4.69, 9.17) is 5.11 Å². The van der Waals surface area contributed by atoms with Crippen molar-refractivity contribution in [3.8, 4) is 0 Å². The van der Waals surface area contributed by atoms with Crippen molar-refractivity contribution in [2.75, 3.05) is 0 Å². The third-order valence-electron chi connectivity index (χ3n) is 3.28. The number of sulfonamides is 1. The summed E-state index contributed by atoms with van der Waals surface area (Å²) in [6.07, 6.45) is 4.15. The lowest BCUT2D eigenvalue weighted by Gasteiger charge is -2.16. The Hall–Kier alpha value is 0.0500. The Labute approximate surface area is 126 Å². The van der Waals surface area contributed by atoms with Crippen molar-refractivity contribution in [2.45, 2.75) is 50.2 Å². The molecule has 1 heterocycles. The minimum Gasteiger partial charge on any atom is -0.391 e. The number of hydrogen-bond acceptors (Lipinski definition) is 4. The SMILES string of the molecule is CCC(CC1CC1)NS(=O)(=O)c1cc(CO)sc1Br. The summed E-state index contributed by atoms with van der Waals surface area (Å²) in [5, 5.41) is 9.07. The molecule has 1 unspecified atom stereocenters. The van der Waals surface area contributed by atoms with Crippen LogP contribution in [-0.4, -0.2) is 19.6 Å². The maximum absolute atomic E-state index is 12.3. The molecule has 1 aromatic rings. The molecule has 0 radical (unpaired) electrons. The first-order chi connectivity index (χ1) is 8.96. The van der Waals surface area contributed by atoms with E-state index in [9.17, 15) is 8.42 Å². The summed E-state index contributed by atoms with van der Waals surface area (Å²) in [5.74, 6) is 0.687. The van der Waals surface area contributed by atoms with Gasteiger partial charge in [-0.05, 0) is 40.8 Å². The highest BCUT2D eigenvalue weighted by Crippen LogP contribution is 2.35. The normalized spacial score (nSPS) is 17.6. The average Bonchev–Trinajstić information content (AvgIpc) is 3.08. The molecular weight excluding hydrogens is 350 g/mol. The molecule has 0 amide bonds. The van der Waals surface area contributed by atoms with E-state index >= 15 is 0 Å². The maximum Gasteiger partial charge on any atom is 0.242 e. The number of aliphatic hydroxyl groups excluding tert-OH is 1. The van der Waals surface area contributed by atoms with Gasteiger partial charge < -0.3 is 5.11 Å². The minimum atomic E-state index is -3.51. The van der Waals surface area contributed by atoms with Crippen LogP contribution in [0.25, 0.3) is 0 Å². The fourth-order valence-corrected chi connectivity index (χ4v) is 5.87. The van der Waals surface area contributed by atoms with E-state index in [2.05, 4.69) is 20.7 Å². The summed E-state index contributed by atoms with van der Waals surface area (Å²) in [6, 6.07) is 1.53. The molecule has 2 rings (SSSR count). The number of halogens is 1. The lowest BCUT2D eigenvalue weighted by Crippen LogP contribution is -2.34. The highest BCUT2D eigenvalue weighted by atomic mass is 79.9. The van der Waals surface area contributed by atoms with Crippen LogP contribution in [0.3, 0.4) is 0 Å². The summed E-state index contributed by atoms with van der Waals surface area (Å²) < 4.78 is 28.0. The van der Waals surface area contributed by atoms with Gasteiger partial charge in [0.15, 0.2) is 0 Å². The van der Waals surface area contributed by atoms with Crippen LogP contribution in [-0.2, 0) is 16.6 Å². The van der Waals surface area contributed by atoms with Crippen LogP contribution >= 0.6 is 27.3 Å².